The van der Waals surface area contributed by atoms with Gasteiger partial charge in [0.25, 0.3) is 0 Å². The molecule has 0 fully saturated rings. The van der Waals surface area contributed by atoms with Gasteiger partial charge in [-0.1, -0.05) is 0 Å². The van der Waals surface area contributed by atoms with Gasteiger partial charge in [0.2, 0.25) is 5.78 Å². The number of furan rings is 1. The van der Waals surface area contributed by atoms with E-state index in [1.807, 2.05) is 0 Å². The first-order valence-electron chi connectivity index (χ1n) is 4.61. The van der Waals surface area contributed by atoms with Crippen molar-refractivity contribution in [2.24, 2.45) is 5.73 Å². The molecule has 0 atom stereocenters. The third kappa shape index (κ3) is 1.97. The Labute approximate surface area is 86.5 Å². The Morgan fingerprint density at radius 1 is 1.60 bits per heavy atom. The molecule has 2 N–H and O–H groups in total. The molecular formula is C10H11N3O2. The second-order valence-corrected chi connectivity index (χ2v) is 3.09. The monoisotopic (exact) mass is 205 g/mol. The van der Waals surface area contributed by atoms with Crippen molar-refractivity contribution in [2.75, 3.05) is 6.54 Å². The number of nitrogens with two attached hydrogens (primary N) is 1. The molecule has 0 saturated carbocycles. The molecule has 0 saturated heterocycles. The number of rotatable bonds is 4. The van der Waals surface area contributed by atoms with Crippen molar-refractivity contribution >= 4 is 5.78 Å². The fourth-order valence-electron chi connectivity index (χ4n) is 1.28. The summed E-state index contributed by atoms with van der Waals surface area (Å²) < 4.78 is 6.77. The van der Waals surface area contributed by atoms with E-state index in [9.17, 15) is 4.79 Å². The molecule has 0 aliphatic heterocycles. The summed E-state index contributed by atoms with van der Waals surface area (Å²) >= 11 is 0. The lowest BCUT2D eigenvalue weighted by Gasteiger charge is -1.95. The maximum Gasteiger partial charge on any atom is 0.248 e. The third-order valence-electron chi connectivity index (χ3n) is 2.00. The minimum absolute atomic E-state index is 0.212. The SMILES string of the molecule is NCCn1cnc(C(=O)c2ccco2)c1. The Bertz CT molecular complexity index is 445. The standard InChI is InChI=1S/C10H11N3O2/c11-3-4-13-6-8(12-7-13)10(14)9-2-1-5-15-9/h1-2,5-7H,3-4,11H2. The molecule has 78 valence electrons. The zero-order chi connectivity index (χ0) is 10.7. The molecule has 0 amide bonds. The summed E-state index contributed by atoms with van der Waals surface area (Å²) in [5, 5.41) is 0. The fourth-order valence-corrected chi connectivity index (χ4v) is 1.28. The molecule has 5 heteroatoms. The van der Waals surface area contributed by atoms with E-state index in [2.05, 4.69) is 4.98 Å². The molecule has 5 nitrogen and oxygen atoms in total. The number of ketones is 1. The molecule has 0 spiro atoms. The molecule has 2 aromatic heterocycles. The van der Waals surface area contributed by atoms with Gasteiger partial charge in [-0.05, 0) is 12.1 Å². The topological polar surface area (TPSA) is 74.1 Å². The van der Waals surface area contributed by atoms with Crippen LogP contribution in [0.2, 0.25) is 0 Å². The van der Waals surface area contributed by atoms with E-state index < -0.39 is 0 Å². The summed E-state index contributed by atoms with van der Waals surface area (Å²) in [4.78, 5) is 15.7. The van der Waals surface area contributed by atoms with Crippen molar-refractivity contribution < 1.29 is 9.21 Å². The van der Waals surface area contributed by atoms with Crippen molar-refractivity contribution in [1.29, 1.82) is 0 Å². The first kappa shape index (κ1) is 9.67. The van der Waals surface area contributed by atoms with Crippen LogP contribution >= 0.6 is 0 Å². The van der Waals surface area contributed by atoms with Crippen LogP contribution in [0.15, 0.2) is 35.3 Å². The number of carbonyl (C=O) groups is 1. The Morgan fingerprint density at radius 3 is 3.13 bits per heavy atom. The van der Waals surface area contributed by atoms with E-state index in [-0.39, 0.29) is 5.78 Å². The molecule has 0 aliphatic rings. The minimum Gasteiger partial charge on any atom is -0.461 e. The van der Waals surface area contributed by atoms with Crippen LogP contribution in [-0.4, -0.2) is 21.9 Å². The Morgan fingerprint density at radius 2 is 2.47 bits per heavy atom. The van der Waals surface area contributed by atoms with Gasteiger partial charge in [0.05, 0.1) is 12.6 Å². The van der Waals surface area contributed by atoms with Gasteiger partial charge in [0, 0.05) is 19.3 Å². The van der Waals surface area contributed by atoms with E-state index in [1.165, 1.54) is 6.26 Å². The number of nitrogens with zero attached hydrogens (tertiary/aromatic N) is 2. The average molecular weight is 205 g/mol. The maximum atomic E-state index is 11.7. The van der Waals surface area contributed by atoms with E-state index in [1.54, 1.807) is 29.2 Å². The average Bonchev–Trinajstić information content (AvgIpc) is 2.87. The fraction of sp³-hybridized carbons (Fsp3) is 0.200. The quantitative estimate of drug-likeness (QED) is 0.744. The highest BCUT2D eigenvalue weighted by Gasteiger charge is 2.14. The molecule has 0 radical (unpaired) electrons. The number of hydrogen-bond donors (Lipinski definition) is 1. The van der Waals surface area contributed by atoms with E-state index in [0.29, 0.717) is 24.5 Å². The first-order valence-corrected chi connectivity index (χ1v) is 4.61. The van der Waals surface area contributed by atoms with Crippen LogP contribution in [0.1, 0.15) is 16.2 Å². The van der Waals surface area contributed by atoms with Crippen LogP contribution in [0.4, 0.5) is 0 Å². The Hall–Kier alpha value is -1.88. The molecule has 0 unspecified atom stereocenters. The third-order valence-corrected chi connectivity index (χ3v) is 2.00. The Kier molecular flexibility index (Phi) is 2.64. The van der Waals surface area contributed by atoms with Gasteiger partial charge in [0.15, 0.2) is 5.76 Å². The molecule has 0 aliphatic carbocycles. The largest absolute Gasteiger partial charge is 0.461 e. The predicted molar refractivity (Wildman–Crippen MR) is 53.4 cm³/mol. The highest BCUT2D eigenvalue weighted by molar-refractivity contribution is 6.05. The zero-order valence-corrected chi connectivity index (χ0v) is 8.09. The van der Waals surface area contributed by atoms with E-state index in [0.717, 1.165) is 0 Å². The van der Waals surface area contributed by atoms with E-state index >= 15 is 0 Å². The molecule has 0 bridgehead atoms. The maximum absolute atomic E-state index is 11.7. The van der Waals surface area contributed by atoms with Crippen molar-refractivity contribution in [1.82, 2.24) is 9.55 Å². The zero-order valence-electron chi connectivity index (χ0n) is 8.09. The van der Waals surface area contributed by atoms with Crippen molar-refractivity contribution in [3.05, 3.63) is 42.4 Å². The van der Waals surface area contributed by atoms with Crippen LogP contribution in [0.3, 0.4) is 0 Å². The lowest BCUT2D eigenvalue weighted by molar-refractivity contribution is 0.100. The predicted octanol–water partition coefficient (Wildman–Crippen LogP) is 0.666. The summed E-state index contributed by atoms with van der Waals surface area (Å²) in [6.07, 6.45) is 4.71. The smallest absolute Gasteiger partial charge is 0.248 e. The Balaban J connectivity index is 2.19. The highest BCUT2D eigenvalue weighted by Crippen LogP contribution is 2.07. The van der Waals surface area contributed by atoms with Crippen molar-refractivity contribution in [2.45, 2.75) is 6.54 Å². The normalized spacial score (nSPS) is 10.5. The van der Waals surface area contributed by atoms with Crippen LogP contribution < -0.4 is 5.73 Å². The number of hydrogen-bond acceptors (Lipinski definition) is 4. The molecule has 2 heterocycles. The van der Waals surface area contributed by atoms with Gasteiger partial charge < -0.3 is 14.7 Å². The number of aromatic nitrogens is 2. The van der Waals surface area contributed by atoms with Crippen LogP contribution in [0.25, 0.3) is 0 Å². The molecule has 2 aromatic rings. The number of imidazole rings is 1. The van der Waals surface area contributed by atoms with Gasteiger partial charge in [-0.3, -0.25) is 4.79 Å². The second kappa shape index (κ2) is 4.10. The summed E-state index contributed by atoms with van der Waals surface area (Å²) in [5.74, 6) is 0.0868. The van der Waals surface area contributed by atoms with Crippen LogP contribution in [-0.2, 0) is 6.54 Å². The molecule has 0 aromatic carbocycles. The molecular weight excluding hydrogens is 194 g/mol. The minimum atomic E-state index is -0.212. The lowest BCUT2D eigenvalue weighted by atomic mass is 10.2. The first-order chi connectivity index (χ1) is 7.31. The summed E-state index contributed by atoms with van der Waals surface area (Å²) in [5.41, 5.74) is 5.76. The van der Waals surface area contributed by atoms with Gasteiger partial charge in [0.1, 0.15) is 5.69 Å². The van der Waals surface area contributed by atoms with Crippen molar-refractivity contribution in [3.8, 4) is 0 Å². The van der Waals surface area contributed by atoms with Crippen molar-refractivity contribution in [3.63, 3.8) is 0 Å². The molecule has 2 rings (SSSR count). The van der Waals surface area contributed by atoms with Gasteiger partial charge in [-0.25, -0.2) is 4.98 Å². The lowest BCUT2D eigenvalue weighted by Crippen LogP contribution is -2.08. The second-order valence-electron chi connectivity index (χ2n) is 3.09. The summed E-state index contributed by atoms with van der Waals surface area (Å²) in [7, 11) is 0. The van der Waals surface area contributed by atoms with E-state index in [4.69, 9.17) is 10.2 Å². The van der Waals surface area contributed by atoms with Gasteiger partial charge in [-0.2, -0.15) is 0 Å². The summed E-state index contributed by atoms with van der Waals surface area (Å²) in [6, 6.07) is 3.29. The highest BCUT2D eigenvalue weighted by atomic mass is 16.3. The van der Waals surface area contributed by atoms with Crippen LogP contribution in [0.5, 0.6) is 0 Å². The molecule has 15 heavy (non-hydrogen) atoms. The van der Waals surface area contributed by atoms with Gasteiger partial charge in [-0.15, -0.1) is 0 Å². The summed E-state index contributed by atoms with van der Waals surface area (Å²) in [6.45, 7) is 1.17. The number of carbonyl (C=O) groups excluding carboxylic acids is 1. The van der Waals surface area contributed by atoms with Gasteiger partial charge >= 0.3 is 0 Å². The van der Waals surface area contributed by atoms with Crippen LogP contribution in [0, 0.1) is 0 Å².